The summed E-state index contributed by atoms with van der Waals surface area (Å²) >= 11 is 0. The SMILES string of the molecule is COc1cccc(Cn2cc(NC(=O)/C(=C\c3ccccc3)c3ccccc3)cn2)c1. The molecule has 1 heterocycles. The third-order valence-electron chi connectivity index (χ3n) is 4.81. The standard InChI is InChI=1S/C26H23N3O2/c1-31-24-14-8-11-21(15-24)18-29-19-23(17-27-29)28-26(30)25(22-12-6-3-7-13-22)16-20-9-4-2-5-10-20/h2-17,19H,18H2,1H3,(H,28,30)/b25-16-. The fourth-order valence-electron chi connectivity index (χ4n) is 3.28. The van der Waals surface area contributed by atoms with Gasteiger partial charge in [-0.25, -0.2) is 0 Å². The van der Waals surface area contributed by atoms with Crippen molar-refractivity contribution >= 4 is 23.2 Å². The molecule has 0 saturated heterocycles. The second-order valence-electron chi connectivity index (χ2n) is 7.07. The Balaban J connectivity index is 1.53. The molecule has 0 aliphatic rings. The van der Waals surface area contributed by atoms with Gasteiger partial charge in [0, 0.05) is 11.8 Å². The smallest absolute Gasteiger partial charge is 0.256 e. The monoisotopic (exact) mass is 409 g/mol. The van der Waals surface area contributed by atoms with Gasteiger partial charge in [0.25, 0.3) is 5.91 Å². The van der Waals surface area contributed by atoms with Gasteiger partial charge in [0.15, 0.2) is 0 Å². The van der Waals surface area contributed by atoms with Crippen LogP contribution in [0.15, 0.2) is 97.3 Å². The number of ether oxygens (including phenoxy) is 1. The second kappa shape index (κ2) is 9.59. The van der Waals surface area contributed by atoms with Crippen LogP contribution in [0.3, 0.4) is 0 Å². The van der Waals surface area contributed by atoms with Crippen LogP contribution < -0.4 is 10.1 Å². The van der Waals surface area contributed by atoms with Crippen molar-refractivity contribution < 1.29 is 9.53 Å². The Kier molecular flexibility index (Phi) is 6.24. The number of carbonyl (C=O) groups is 1. The summed E-state index contributed by atoms with van der Waals surface area (Å²) in [6.07, 6.45) is 5.37. The third-order valence-corrected chi connectivity index (χ3v) is 4.81. The molecular weight excluding hydrogens is 386 g/mol. The minimum atomic E-state index is -0.184. The summed E-state index contributed by atoms with van der Waals surface area (Å²) in [6.45, 7) is 0.582. The molecule has 0 unspecified atom stereocenters. The van der Waals surface area contributed by atoms with E-state index in [-0.39, 0.29) is 5.91 Å². The molecule has 1 N–H and O–H groups in total. The van der Waals surface area contributed by atoms with Gasteiger partial charge in [-0.1, -0.05) is 72.8 Å². The first kappa shape index (κ1) is 20.2. The van der Waals surface area contributed by atoms with E-state index in [4.69, 9.17) is 4.74 Å². The molecule has 1 aromatic heterocycles. The number of hydrogen-bond donors (Lipinski definition) is 1. The van der Waals surface area contributed by atoms with Crippen LogP contribution >= 0.6 is 0 Å². The summed E-state index contributed by atoms with van der Waals surface area (Å²) < 4.78 is 7.06. The van der Waals surface area contributed by atoms with Crippen molar-refractivity contribution in [1.29, 1.82) is 0 Å². The Labute approximate surface area is 181 Å². The average Bonchev–Trinajstić information content (AvgIpc) is 3.25. The first-order valence-corrected chi connectivity index (χ1v) is 10.0. The van der Waals surface area contributed by atoms with E-state index in [9.17, 15) is 4.79 Å². The molecular formula is C26H23N3O2. The highest BCUT2D eigenvalue weighted by molar-refractivity contribution is 6.29. The Morgan fingerprint density at radius 3 is 2.48 bits per heavy atom. The molecule has 0 spiro atoms. The largest absolute Gasteiger partial charge is 0.497 e. The number of benzene rings is 3. The Morgan fingerprint density at radius 2 is 1.74 bits per heavy atom. The lowest BCUT2D eigenvalue weighted by Crippen LogP contribution is -2.13. The molecule has 0 aliphatic carbocycles. The summed E-state index contributed by atoms with van der Waals surface area (Å²) in [5.74, 6) is 0.618. The van der Waals surface area contributed by atoms with Crippen molar-refractivity contribution in [3.63, 3.8) is 0 Å². The molecule has 1 amide bonds. The van der Waals surface area contributed by atoms with E-state index in [0.717, 1.165) is 22.4 Å². The lowest BCUT2D eigenvalue weighted by molar-refractivity contribution is -0.111. The molecule has 4 rings (SSSR count). The first-order valence-electron chi connectivity index (χ1n) is 10.0. The highest BCUT2D eigenvalue weighted by atomic mass is 16.5. The molecule has 5 heteroatoms. The lowest BCUT2D eigenvalue weighted by Gasteiger charge is -2.09. The van der Waals surface area contributed by atoms with Crippen LogP contribution in [0, 0.1) is 0 Å². The predicted octanol–water partition coefficient (Wildman–Crippen LogP) is 5.12. The van der Waals surface area contributed by atoms with Gasteiger partial charge < -0.3 is 10.1 Å². The quantitative estimate of drug-likeness (QED) is 0.340. The van der Waals surface area contributed by atoms with E-state index in [1.807, 2.05) is 97.2 Å². The zero-order valence-corrected chi connectivity index (χ0v) is 17.2. The van der Waals surface area contributed by atoms with E-state index in [2.05, 4.69) is 10.4 Å². The molecule has 31 heavy (non-hydrogen) atoms. The van der Waals surface area contributed by atoms with Crippen molar-refractivity contribution in [2.45, 2.75) is 6.54 Å². The van der Waals surface area contributed by atoms with Crippen LogP contribution in [0.1, 0.15) is 16.7 Å². The van der Waals surface area contributed by atoms with Gasteiger partial charge >= 0.3 is 0 Å². The first-order chi connectivity index (χ1) is 15.2. The number of aromatic nitrogens is 2. The number of anilines is 1. The van der Waals surface area contributed by atoms with Crippen LogP contribution in [0.4, 0.5) is 5.69 Å². The fourth-order valence-corrected chi connectivity index (χ4v) is 3.28. The maximum atomic E-state index is 13.1. The van der Waals surface area contributed by atoms with E-state index in [1.165, 1.54) is 0 Å². The molecule has 0 atom stereocenters. The highest BCUT2D eigenvalue weighted by Crippen LogP contribution is 2.21. The van der Waals surface area contributed by atoms with E-state index in [0.29, 0.717) is 17.8 Å². The zero-order valence-electron chi connectivity index (χ0n) is 17.2. The minimum absolute atomic E-state index is 0.184. The van der Waals surface area contributed by atoms with Crippen LogP contribution in [-0.4, -0.2) is 22.8 Å². The van der Waals surface area contributed by atoms with Gasteiger partial charge in [-0.3, -0.25) is 9.48 Å². The van der Waals surface area contributed by atoms with Crippen molar-refractivity contribution in [3.05, 3.63) is 114 Å². The van der Waals surface area contributed by atoms with E-state index >= 15 is 0 Å². The number of rotatable bonds is 7. The van der Waals surface area contributed by atoms with Crippen molar-refractivity contribution in [2.24, 2.45) is 0 Å². The Bertz CT molecular complexity index is 1180. The van der Waals surface area contributed by atoms with Crippen LogP contribution in [0.25, 0.3) is 11.6 Å². The van der Waals surface area contributed by atoms with Crippen molar-refractivity contribution in [2.75, 3.05) is 12.4 Å². The topological polar surface area (TPSA) is 56.1 Å². The zero-order chi connectivity index (χ0) is 21.5. The summed E-state index contributed by atoms with van der Waals surface area (Å²) in [6, 6.07) is 27.3. The third kappa shape index (κ3) is 5.28. The maximum Gasteiger partial charge on any atom is 0.256 e. The average molecular weight is 409 g/mol. The molecule has 5 nitrogen and oxygen atoms in total. The molecule has 4 aromatic rings. The molecule has 0 saturated carbocycles. The van der Waals surface area contributed by atoms with Crippen LogP contribution in [0.5, 0.6) is 5.75 Å². The number of nitrogens with one attached hydrogen (secondary N) is 1. The molecule has 3 aromatic carbocycles. The van der Waals surface area contributed by atoms with Crippen LogP contribution in [-0.2, 0) is 11.3 Å². The number of nitrogens with zero attached hydrogens (tertiary/aromatic N) is 2. The van der Waals surface area contributed by atoms with E-state index < -0.39 is 0 Å². The molecule has 0 fully saturated rings. The van der Waals surface area contributed by atoms with Gasteiger partial charge in [-0.05, 0) is 34.9 Å². The van der Waals surface area contributed by atoms with Gasteiger partial charge in [-0.15, -0.1) is 0 Å². The maximum absolute atomic E-state index is 13.1. The number of hydrogen-bond acceptors (Lipinski definition) is 3. The molecule has 0 radical (unpaired) electrons. The number of methoxy groups -OCH3 is 1. The molecule has 154 valence electrons. The molecule has 0 aliphatic heterocycles. The minimum Gasteiger partial charge on any atom is -0.497 e. The Hall–Kier alpha value is -4.12. The molecule has 0 bridgehead atoms. The second-order valence-corrected chi connectivity index (χ2v) is 7.07. The van der Waals surface area contributed by atoms with Gasteiger partial charge in [-0.2, -0.15) is 5.10 Å². The van der Waals surface area contributed by atoms with Gasteiger partial charge in [0.1, 0.15) is 5.75 Å². The van der Waals surface area contributed by atoms with Gasteiger partial charge in [0.05, 0.1) is 25.5 Å². The lowest BCUT2D eigenvalue weighted by atomic mass is 10.0. The summed E-state index contributed by atoms with van der Waals surface area (Å²) in [5, 5.41) is 7.35. The van der Waals surface area contributed by atoms with Gasteiger partial charge in [0.2, 0.25) is 0 Å². The predicted molar refractivity (Wildman–Crippen MR) is 124 cm³/mol. The number of amides is 1. The highest BCUT2D eigenvalue weighted by Gasteiger charge is 2.13. The van der Waals surface area contributed by atoms with Crippen molar-refractivity contribution in [1.82, 2.24) is 9.78 Å². The van der Waals surface area contributed by atoms with Crippen molar-refractivity contribution in [3.8, 4) is 5.75 Å². The summed E-state index contributed by atoms with van der Waals surface area (Å²) in [5.41, 5.74) is 4.11. The normalized spacial score (nSPS) is 11.2. The fraction of sp³-hybridized carbons (Fsp3) is 0.0769. The van der Waals surface area contributed by atoms with Crippen LogP contribution in [0.2, 0.25) is 0 Å². The summed E-state index contributed by atoms with van der Waals surface area (Å²) in [7, 11) is 1.65. The number of carbonyl (C=O) groups excluding carboxylic acids is 1. The summed E-state index contributed by atoms with van der Waals surface area (Å²) in [4.78, 5) is 13.1. The van der Waals surface area contributed by atoms with E-state index in [1.54, 1.807) is 18.0 Å². The Morgan fingerprint density at radius 1 is 1.00 bits per heavy atom.